The van der Waals surface area contributed by atoms with Gasteiger partial charge in [0.15, 0.2) is 0 Å². The highest BCUT2D eigenvalue weighted by molar-refractivity contribution is 5.15. The van der Waals surface area contributed by atoms with Crippen LogP contribution in [-0.2, 0) is 38.8 Å². The summed E-state index contributed by atoms with van der Waals surface area (Å²) in [6, 6.07) is 29.3. The highest BCUT2D eigenvalue weighted by Gasteiger charge is 2.35. The minimum atomic E-state index is -0.980. The fourth-order valence-corrected chi connectivity index (χ4v) is 3.90. The number of aliphatic hydroxyl groups is 3. The summed E-state index contributed by atoms with van der Waals surface area (Å²) in [5.74, 6) is 0. The van der Waals surface area contributed by atoms with Crippen LogP contribution in [0.4, 0.5) is 0 Å². The minimum absolute atomic E-state index is 0.0495. The van der Waals surface area contributed by atoms with Gasteiger partial charge < -0.3 is 34.3 Å². The van der Waals surface area contributed by atoms with Crippen molar-refractivity contribution in [3.63, 3.8) is 0 Å². The average molecular weight is 525 g/mol. The van der Waals surface area contributed by atoms with Crippen LogP contribution in [0.5, 0.6) is 0 Å². The third-order valence-corrected chi connectivity index (χ3v) is 6.38. The standard InChI is InChI=1S/C31H40O7/c32-19-30(20-33,22-35-16-27-10-4-1-5-11-27)23-38-26-31(21-34,24-36-17-28-12-6-2-7-13-28)25-37-18-29-14-8-3-9-15-29/h1-15,32-34H,16-26H2. The summed E-state index contributed by atoms with van der Waals surface area (Å²) < 4.78 is 23.8. The molecule has 0 radical (unpaired) electrons. The van der Waals surface area contributed by atoms with Gasteiger partial charge >= 0.3 is 0 Å². The minimum Gasteiger partial charge on any atom is -0.396 e. The predicted molar refractivity (Wildman–Crippen MR) is 145 cm³/mol. The lowest BCUT2D eigenvalue weighted by Gasteiger charge is -2.34. The molecule has 0 unspecified atom stereocenters. The molecule has 38 heavy (non-hydrogen) atoms. The van der Waals surface area contributed by atoms with E-state index in [1.54, 1.807) is 0 Å². The number of benzene rings is 3. The Hall–Kier alpha value is -2.62. The Morgan fingerprint density at radius 3 is 1.03 bits per heavy atom. The molecule has 0 bridgehead atoms. The van der Waals surface area contributed by atoms with Crippen LogP contribution in [0.1, 0.15) is 16.7 Å². The van der Waals surface area contributed by atoms with Crippen LogP contribution in [0.15, 0.2) is 91.0 Å². The monoisotopic (exact) mass is 524 g/mol. The molecular formula is C31H40O7. The van der Waals surface area contributed by atoms with Gasteiger partial charge in [-0.2, -0.15) is 0 Å². The van der Waals surface area contributed by atoms with E-state index in [-0.39, 0.29) is 52.9 Å². The van der Waals surface area contributed by atoms with Crippen molar-refractivity contribution in [3.05, 3.63) is 108 Å². The number of hydrogen-bond donors (Lipinski definition) is 3. The molecule has 7 nitrogen and oxygen atoms in total. The van der Waals surface area contributed by atoms with Crippen molar-refractivity contribution in [1.29, 1.82) is 0 Å². The van der Waals surface area contributed by atoms with Crippen LogP contribution < -0.4 is 0 Å². The molecule has 0 aliphatic carbocycles. The lowest BCUT2D eigenvalue weighted by atomic mass is 9.90. The van der Waals surface area contributed by atoms with E-state index in [9.17, 15) is 15.3 Å². The van der Waals surface area contributed by atoms with Crippen molar-refractivity contribution in [2.45, 2.75) is 19.8 Å². The zero-order valence-corrected chi connectivity index (χ0v) is 21.9. The molecule has 0 aliphatic heterocycles. The average Bonchev–Trinajstić information content (AvgIpc) is 2.98. The number of rotatable bonds is 19. The van der Waals surface area contributed by atoms with E-state index in [1.807, 2.05) is 91.0 Å². The first-order valence-corrected chi connectivity index (χ1v) is 12.9. The Bertz CT molecular complexity index is 949. The van der Waals surface area contributed by atoms with E-state index in [4.69, 9.17) is 18.9 Å². The normalized spacial score (nSPS) is 12.1. The van der Waals surface area contributed by atoms with Gasteiger partial charge in [0.05, 0.1) is 83.5 Å². The summed E-state index contributed by atoms with van der Waals surface area (Å²) in [5.41, 5.74) is 1.25. The van der Waals surface area contributed by atoms with Crippen molar-refractivity contribution >= 4 is 0 Å². The molecule has 0 saturated carbocycles. The maximum Gasteiger partial charge on any atom is 0.0717 e. The summed E-state index contributed by atoms with van der Waals surface area (Å²) in [6.45, 7) is 1.04. The van der Waals surface area contributed by atoms with Gasteiger partial charge in [0.25, 0.3) is 0 Å². The van der Waals surface area contributed by atoms with Crippen LogP contribution >= 0.6 is 0 Å². The zero-order chi connectivity index (χ0) is 26.9. The predicted octanol–water partition coefficient (Wildman–Crippen LogP) is 3.60. The largest absolute Gasteiger partial charge is 0.396 e. The molecule has 0 amide bonds. The SMILES string of the molecule is OCC(CO)(COCc1ccccc1)COCC(CO)(COCc1ccccc1)COCc1ccccc1. The van der Waals surface area contributed by atoms with Crippen LogP contribution in [0.2, 0.25) is 0 Å². The summed E-state index contributed by atoms with van der Waals surface area (Å²) in [4.78, 5) is 0. The molecule has 0 fully saturated rings. The Morgan fingerprint density at radius 1 is 0.395 bits per heavy atom. The van der Waals surface area contributed by atoms with Gasteiger partial charge in [0.2, 0.25) is 0 Å². The topological polar surface area (TPSA) is 97.6 Å². The summed E-state index contributed by atoms with van der Waals surface area (Å²) in [6.07, 6.45) is 0. The lowest BCUT2D eigenvalue weighted by Crippen LogP contribution is -2.44. The fraction of sp³-hybridized carbons (Fsp3) is 0.419. The highest BCUT2D eigenvalue weighted by atomic mass is 16.5. The Morgan fingerprint density at radius 2 is 0.684 bits per heavy atom. The molecule has 0 atom stereocenters. The van der Waals surface area contributed by atoms with E-state index in [1.165, 1.54) is 0 Å². The van der Waals surface area contributed by atoms with Crippen LogP contribution in [0, 0.1) is 10.8 Å². The van der Waals surface area contributed by atoms with Gasteiger partial charge in [-0.3, -0.25) is 0 Å². The number of hydrogen-bond acceptors (Lipinski definition) is 7. The Kier molecular flexibility index (Phi) is 12.9. The first kappa shape index (κ1) is 29.9. The second-order valence-electron chi connectivity index (χ2n) is 9.90. The van der Waals surface area contributed by atoms with Gasteiger partial charge in [0.1, 0.15) is 0 Å². The quantitative estimate of drug-likeness (QED) is 0.220. The Labute approximate surface area is 225 Å². The molecule has 0 spiro atoms. The van der Waals surface area contributed by atoms with Crippen LogP contribution in [0.3, 0.4) is 0 Å². The van der Waals surface area contributed by atoms with Crippen LogP contribution in [-0.4, -0.2) is 68.2 Å². The molecular weight excluding hydrogens is 484 g/mol. The van der Waals surface area contributed by atoms with Crippen LogP contribution in [0.25, 0.3) is 0 Å². The van der Waals surface area contributed by atoms with Gasteiger partial charge in [-0.15, -0.1) is 0 Å². The van der Waals surface area contributed by atoms with E-state index in [0.29, 0.717) is 19.8 Å². The lowest BCUT2D eigenvalue weighted by molar-refractivity contribution is -0.129. The molecule has 3 aromatic rings. The third kappa shape index (κ3) is 9.93. The molecule has 206 valence electrons. The third-order valence-electron chi connectivity index (χ3n) is 6.38. The molecule has 0 saturated heterocycles. The molecule has 0 heterocycles. The Balaban J connectivity index is 1.58. The summed E-state index contributed by atoms with van der Waals surface area (Å²) >= 11 is 0. The number of ether oxygens (including phenoxy) is 4. The van der Waals surface area contributed by atoms with Crippen molar-refractivity contribution in [3.8, 4) is 0 Å². The maximum atomic E-state index is 10.4. The molecule has 0 aliphatic rings. The molecule has 3 rings (SSSR count). The zero-order valence-electron chi connectivity index (χ0n) is 21.9. The van der Waals surface area contributed by atoms with Gasteiger partial charge in [0, 0.05) is 0 Å². The van der Waals surface area contributed by atoms with Crippen molar-refractivity contribution in [2.75, 3.05) is 52.9 Å². The first-order valence-electron chi connectivity index (χ1n) is 12.9. The fourth-order valence-electron chi connectivity index (χ4n) is 3.90. The maximum absolute atomic E-state index is 10.4. The second kappa shape index (κ2) is 16.4. The highest BCUT2D eigenvalue weighted by Crippen LogP contribution is 2.24. The smallest absolute Gasteiger partial charge is 0.0717 e. The van der Waals surface area contributed by atoms with Gasteiger partial charge in [-0.25, -0.2) is 0 Å². The van der Waals surface area contributed by atoms with E-state index < -0.39 is 10.8 Å². The van der Waals surface area contributed by atoms with Crippen molar-refractivity contribution in [2.24, 2.45) is 10.8 Å². The van der Waals surface area contributed by atoms with Gasteiger partial charge in [-0.05, 0) is 16.7 Å². The van der Waals surface area contributed by atoms with E-state index in [0.717, 1.165) is 16.7 Å². The number of aliphatic hydroxyl groups excluding tert-OH is 3. The molecule has 0 aromatic heterocycles. The summed E-state index contributed by atoms with van der Waals surface area (Å²) in [7, 11) is 0. The first-order chi connectivity index (χ1) is 18.6. The van der Waals surface area contributed by atoms with Gasteiger partial charge in [-0.1, -0.05) is 91.0 Å². The van der Waals surface area contributed by atoms with Crippen molar-refractivity contribution < 1.29 is 34.3 Å². The summed E-state index contributed by atoms with van der Waals surface area (Å²) in [5, 5.41) is 30.6. The van der Waals surface area contributed by atoms with Crippen molar-refractivity contribution in [1.82, 2.24) is 0 Å². The molecule has 7 heteroatoms. The molecule has 3 N–H and O–H groups in total. The molecule has 3 aromatic carbocycles. The second-order valence-corrected chi connectivity index (χ2v) is 9.90. The van der Waals surface area contributed by atoms with E-state index in [2.05, 4.69) is 0 Å². The van der Waals surface area contributed by atoms with E-state index >= 15 is 0 Å².